The van der Waals surface area contributed by atoms with Crippen molar-refractivity contribution in [3.63, 3.8) is 0 Å². The summed E-state index contributed by atoms with van der Waals surface area (Å²) in [6.45, 7) is 53.8. The predicted octanol–water partition coefficient (Wildman–Crippen LogP) is 10.9. The largest absolute Gasteiger partial charge is 0.405 e. The molecule has 3 aromatic carbocycles. The van der Waals surface area contributed by atoms with Gasteiger partial charge in [0.2, 0.25) is 0 Å². The minimum Gasteiger partial charge on any atom is -0.405 e. The Morgan fingerprint density at radius 3 is 1.37 bits per heavy atom. The minimum atomic E-state index is -0.0344. The molecule has 0 fully saturated rings. The molecule has 0 saturated carbocycles. The topological polar surface area (TPSA) is 202 Å². The van der Waals surface area contributed by atoms with Gasteiger partial charge in [-0.2, -0.15) is 0 Å². The molecule has 5 atom stereocenters. The van der Waals surface area contributed by atoms with Crippen LogP contribution < -0.4 is 60.6 Å². The Hall–Kier alpha value is -5.98. The molecule has 16 N–H and O–H groups in total. The Morgan fingerprint density at radius 1 is 0.533 bits per heavy atom. The van der Waals surface area contributed by atoms with Crippen LogP contribution >= 0.6 is 0 Å². The third kappa shape index (κ3) is 39.2. The number of nitrogens with one attached hydrogen (secondary N) is 6. The van der Waals surface area contributed by atoms with E-state index < -0.39 is 0 Å². The van der Waals surface area contributed by atoms with Gasteiger partial charge in [0.25, 0.3) is 0 Å². The third-order valence-electron chi connectivity index (χ3n) is 11.5. The van der Waals surface area contributed by atoms with Crippen LogP contribution in [0.4, 0.5) is 0 Å². The first kappa shape index (κ1) is 71.1. The summed E-state index contributed by atoms with van der Waals surface area (Å²) < 4.78 is 0. The fourth-order valence-electron chi connectivity index (χ4n) is 7.29. The molecule has 3 aromatic rings. The number of hydrogen-bond donors (Lipinski definition) is 11. The molecule has 420 valence electrons. The Bertz CT molecular complexity index is 1940. The van der Waals surface area contributed by atoms with Gasteiger partial charge in [-0.25, -0.2) is 0 Å². The maximum absolute atomic E-state index is 6.11. The fourth-order valence-corrected chi connectivity index (χ4v) is 7.29. The van der Waals surface area contributed by atoms with Crippen molar-refractivity contribution in [2.75, 3.05) is 39.3 Å². The molecule has 0 heterocycles. The fraction of sp³-hybridized carbons (Fsp3) is 0.469. The number of hydrogen-bond acceptors (Lipinski definition) is 11. The molecular formula is C64H109N11. The maximum Gasteiger partial charge on any atom is 0.0653 e. The quantitative estimate of drug-likeness (QED) is 0.0201. The van der Waals surface area contributed by atoms with E-state index in [-0.39, 0.29) is 30.1 Å². The number of benzene rings is 3. The highest BCUT2D eigenvalue weighted by atomic mass is 15.1. The summed E-state index contributed by atoms with van der Waals surface area (Å²) in [6.07, 6.45) is 9.32. The van der Waals surface area contributed by atoms with E-state index in [9.17, 15) is 0 Å². The van der Waals surface area contributed by atoms with Gasteiger partial charge in [0.05, 0.1) is 24.7 Å². The molecular weight excluding hydrogens is 923 g/mol. The zero-order valence-corrected chi connectivity index (χ0v) is 48.4. The van der Waals surface area contributed by atoms with E-state index in [1.807, 2.05) is 54.6 Å². The molecule has 0 aliphatic carbocycles. The molecule has 5 unspecified atom stereocenters. The second-order valence-electron chi connectivity index (χ2n) is 20.3. The Kier molecular flexibility index (Phi) is 43.1. The summed E-state index contributed by atoms with van der Waals surface area (Å²) in [4.78, 5) is 0. The van der Waals surface area contributed by atoms with Crippen LogP contribution in [0.3, 0.4) is 0 Å². The Labute approximate surface area is 459 Å². The monoisotopic (exact) mass is 1030 g/mol. The van der Waals surface area contributed by atoms with Crippen molar-refractivity contribution < 1.29 is 0 Å². The molecule has 0 bridgehead atoms. The molecule has 3 rings (SSSR count). The normalized spacial score (nSPS) is 12.2. The molecule has 75 heavy (non-hydrogen) atoms. The molecule has 0 aliphatic heterocycles. The van der Waals surface area contributed by atoms with Crippen LogP contribution in [-0.2, 0) is 6.42 Å². The second-order valence-corrected chi connectivity index (χ2v) is 20.3. The van der Waals surface area contributed by atoms with Crippen molar-refractivity contribution in [2.24, 2.45) is 46.4 Å². The molecule has 11 heteroatoms. The van der Waals surface area contributed by atoms with E-state index in [1.54, 1.807) is 0 Å². The van der Waals surface area contributed by atoms with Crippen LogP contribution in [-0.4, -0.2) is 63.4 Å². The highest BCUT2D eigenvalue weighted by Crippen LogP contribution is 2.18. The second kappa shape index (κ2) is 45.4. The lowest BCUT2D eigenvalue weighted by Gasteiger charge is -2.32. The lowest BCUT2D eigenvalue weighted by atomic mass is 9.96. The Balaban J connectivity index is 0. The third-order valence-corrected chi connectivity index (χ3v) is 11.5. The van der Waals surface area contributed by atoms with Crippen LogP contribution in [0.2, 0.25) is 0 Å². The number of unbranched alkanes of at least 4 members (excludes halogenated alkanes) is 1. The average molecular weight is 1030 g/mol. The summed E-state index contributed by atoms with van der Waals surface area (Å²) in [5.41, 5.74) is 38.6. The van der Waals surface area contributed by atoms with E-state index in [2.05, 4.69) is 182 Å². The summed E-state index contributed by atoms with van der Waals surface area (Å²) in [6, 6.07) is 30.9. The van der Waals surface area contributed by atoms with Gasteiger partial charge in [0.15, 0.2) is 0 Å². The van der Waals surface area contributed by atoms with Crippen molar-refractivity contribution >= 4 is 0 Å². The van der Waals surface area contributed by atoms with E-state index in [0.717, 1.165) is 110 Å². The Morgan fingerprint density at radius 2 is 0.960 bits per heavy atom. The van der Waals surface area contributed by atoms with E-state index in [4.69, 9.17) is 22.9 Å². The summed E-state index contributed by atoms with van der Waals surface area (Å²) in [7, 11) is 0. The van der Waals surface area contributed by atoms with Gasteiger partial charge < -0.3 is 60.6 Å². The van der Waals surface area contributed by atoms with Crippen LogP contribution in [0.5, 0.6) is 0 Å². The van der Waals surface area contributed by atoms with Gasteiger partial charge >= 0.3 is 0 Å². The van der Waals surface area contributed by atoms with Crippen molar-refractivity contribution in [2.45, 2.75) is 137 Å². The molecule has 0 aliphatic rings. The van der Waals surface area contributed by atoms with Gasteiger partial charge in [-0.05, 0) is 115 Å². The standard InChI is InChI=1S/C44H78N10.2C7H8.C4H10.C2H5N/c1-31(2)26-44(51-33(5)28-47)38(10)54-43(22-17-24-46)37(9)53-41(32(3)4)20-14-15-25-49-36(8)42(21-16-23-45)52-34(6)30-50-35(7)40(29-48)27-39-18-12-11-13-19-39;2*1-7-5-3-2-4-6-7;1-4(2)3;1-2-3/h11-13,18-19,31,40-44,49-54H,3,5-10,14-17,20-30,45-48H2,1-2,4H3;2*2-6H,1H3;4H,1-3H3;2H,1,3H2. The van der Waals surface area contributed by atoms with Crippen LogP contribution in [0.25, 0.3) is 0 Å². The van der Waals surface area contributed by atoms with Gasteiger partial charge in [0.1, 0.15) is 0 Å². The van der Waals surface area contributed by atoms with Crippen LogP contribution in [0.1, 0.15) is 110 Å². The first-order valence-electron chi connectivity index (χ1n) is 27.2. The van der Waals surface area contributed by atoms with Gasteiger partial charge in [-0.15, -0.1) is 0 Å². The van der Waals surface area contributed by atoms with Gasteiger partial charge in [-0.3, -0.25) is 0 Å². The van der Waals surface area contributed by atoms with Crippen molar-refractivity contribution in [3.8, 4) is 0 Å². The summed E-state index contributed by atoms with van der Waals surface area (Å²) in [5, 5.41) is 21.3. The first-order valence-corrected chi connectivity index (χ1v) is 27.2. The van der Waals surface area contributed by atoms with E-state index in [0.29, 0.717) is 38.6 Å². The van der Waals surface area contributed by atoms with Gasteiger partial charge in [0, 0.05) is 65.8 Å². The number of aryl methyl sites for hydroxylation is 2. The summed E-state index contributed by atoms with van der Waals surface area (Å²) >= 11 is 0. The number of rotatable bonds is 34. The zero-order chi connectivity index (χ0) is 57.0. The molecule has 11 nitrogen and oxygen atoms in total. The lowest BCUT2D eigenvalue weighted by Crippen LogP contribution is -2.45. The molecule has 0 aromatic heterocycles. The van der Waals surface area contributed by atoms with Crippen molar-refractivity contribution in [1.29, 1.82) is 0 Å². The van der Waals surface area contributed by atoms with Crippen molar-refractivity contribution in [1.82, 2.24) is 31.9 Å². The highest BCUT2D eigenvalue weighted by Gasteiger charge is 2.22. The van der Waals surface area contributed by atoms with Gasteiger partial charge in [-0.1, -0.05) is 195 Å². The first-order chi connectivity index (χ1) is 35.7. The highest BCUT2D eigenvalue weighted by molar-refractivity contribution is 5.20. The minimum absolute atomic E-state index is 0.00695. The van der Waals surface area contributed by atoms with Crippen LogP contribution in [0.15, 0.2) is 190 Å². The lowest BCUT2D eigenvalue weighted by molar-refractivity contribution is 0.435. The molecule has 0 radical (unpaired) electrons. The molecule has 0 spiro atoms. The predicted molar refractivity (Wildman–Crippen MR) is 332 cm³/mol. The average Bonchev–Trinajstić information content (AvgIpc) is 3.37. The molecule has 0 saturated heterocycles. The molecule has 0 amide bonds. The summed E-state index contributed by atoms with van der Waals surface area (Å²) in [5.74, 6) is 1.44. The van der Waals surface area contributed by atoms with E-state index >= 15 is 0 Å². The number of nitrogens with two attached hydrogens (primary N) is 5. The van der Waals surface area contributed by atoms with Crippen LogP contribution in [0, 0.1) is 31.6 Å². The SMILES string of the molecule is C=C(CNC(=C)C(CN)Cc1ccccc1)NC(CCCN)C(=C)NCCCCC(NC(=C)C(CCCN)NC(=C)C(CC(C)C)NC(=C)CN)C(=C)C.C=CN.CC(C)C.Cc1ccccc1.Cc1ccccc1. The maximum atomic E-state index is 6.11. The van der Waals surface area contributed by atoms with Crippen molar-refractivity contribution in [3.05, 3.63) is 206 Å². The smallest absolute Gasteiger partial charge is 0.0653 e. The zero-order valence-electron chi connectivity index (χ0n) is 48.4. The van der Waals surface area contributed by atoms with E-state index in [1.165, 1.54) is 22.9 Å².